The van der Waals surface area contributed by atoms with Gasteiger partial charge in [0.15, 0.2) is 0 Å². The van der Waals surface area contributed by atoms with Crippen LogP contribution < -0.4 is 21.9 Å². The molecule has 0 amide bonds. The smallest absolute Gasteiger partial charge is 0.304 e. The van der Waals surface area contributed by atoms with E-state index in [1.54, 1.807) is 10.8 Å². The van der Waals surface area contributed by atoms with E-state index >= 15 is 0 Å². The first-order valence-electron chi connectivity index (χ1n) is 15.7. The topological polar surface area (TPSA) is 69.0 Å². The molecule has 0 bridgehead atoms. The molecule has 3 N–H and O–H groups in total. The lowest BCUT2D eigenvalue weighted by Crippen LogP contribution is -2.61. The number of fused-ring (bicyclic) bond motifs is 2. The monoisotopic (exact) mass is 605 g/mol. The third kappa shape index (κ3) is 4.58. The first-order valence-corrected chi connectivity index (χ1v) is 16.8. The molecule has 2 aromatic heterocycles. The van der Waals surface area contributed by atoms with Crippen molar-refractivity contribution < 1.29 is 13.2 Å². The van der Waals surface area contributed by atoms with Crippen LogP contribution in [0.3, 0.4) is 0 Å². The number of aromatic nitrogens is 2. The van der Waals surface area contributed by atoms with Crippen LogP contribution in [0.15, 0.2) is 23.3 Å². The van der Waals surface area contributed by atoms with Crippen LogP contribution in [0, 0.1) is 16.7 Å². The number of rotatable bonds is 5. The van der Waals surface area contributed by atoms with E-state index in [-0.39, 0.29) is 28.8 Å². The molecule has 42 heavy (non-hydrogen) atoms. The fourth-order valence-corrected chi connectivity index (χ4v) is 10.8. The highest BCUT2D eigenvalue weighted by Gasteiger charge is 2.67. The molecule has 230 valence electrons. The summed E-state index contributed by atoms with van der Waals surface area (Å²) in [5, 5.41) is 3.98. The fourth-order valence-electron chi connectivity index (χ4n) is 9.46. The van der Waals surface area contributed by atoms with Crippen LogP contribution in [0.5, 0.6) is 0 Å². The van der Waals surface area contributed by atoms with Gasteiger partial charge in [0.05, 0.1) is 23.9 Å². The van der Waals surface area contributed by atoms with Crippen LogP contribution in [-0.4, -0.2) is 68.9 Å². The van der Waals surface area contributed by atoms with E-state index in [9.17, 15) is 18.0 Å². The summed E-state index contributed by atoms with van der Waals surface area (Å²) in [6.07, 6.45) is 8.72. The van der Waals surface area contributed by atoms with Gasteiger partial charge in [0.25, 0.3) is 0 Å². The Hall–Kier alpha value is -1.57. The number of hydrazine groups is 1. The fraction of sp³-hybridized carbons (Fsp3) is 0.767. The van der Waals surface area contributed by atoms with E-state index in [2.05, 4.69) is 33.0 Å². The van der Waals surface area contributed by atoms with E-state index in [0.29, 0.717) is 34.7 Å². The van der Waals surface area contributed by atoms with Crippen molar-refractivity contribution in [3.63, 3.8) is 0 Å². The lowest BCUT2D eigenvalue weighted by molar-refractivity contribution is -0.136. The molecule has 5 heterocycles. The Morgan fingerprint density at radius 2 is 1.98 bits per heavy atom. The average molecular weight is 606 g/mol. The summed E-state index contributed by atoms with van der Waals surface area (Å²) in [7, 11) is 2.16. The number of likely N-dealkylation sites (tertiary alicyclic amines) is 1. The van der Waals surface area contributed by atoms with Crippen LogP contribution in [0.2, 0.25) is 0 Å². The molecule has 2 aromatic rings. The minimum Gasteiger partial charge on any atom is -0.304 e. The van der Waals surface area contributed by atoms with E-state index in [1.807, 2.05) is 11.8 Å². The normalized spacial score (nSPS) is 34.6. The summed E-state index contributed by atoms with van der Waals surface area (Å²) < 4.78 is 46.2. The highest BCUT2D eigenvalue weighted by molar-refractivity contribution is 8.00. The minimum absolute atomic E-state index is 0.0238. The van der Waals surface area contributed by atoms with E-state index < -0.39 is 11.7 Å². The quantitative estimate of drug-likeness (QED) is 0.477. The number of nitrogens with one attached hydrogen (secondary N) is 3. The Balaban J connectivity index is 1.09. The minimum atomic E-state index is -4.53. The van der Waals surface area contributed by atoms with Crippen molar-refractivity contribution in [2.24, 2.45) is 16.7 Å². The Bertz CT molecular complexity index is 1410. The number of alkyl halides is 3. The molecule has 6 aliphatic rings. The van der Waals surface area contributed by atoms with Crippen molar-refractivity contribution in [1.29, 1.82) is 0 Å². The Morgan fingerprint density at radius 1 is 1.14 bits per heavy atom. The largest absolute Gasteiger partial charge is 0.418 e. The zero-order chi connectivity index (χ0) is 28.9. The average Bonchev–Trinajstić information content (AvgIpc) is 3.23. The molecule has 12 heteroatoms. The molecule has 8 rings (SSSR count). The number of pyridine rings is 1. The van der Waals surface area contributed by atoms with Crippen LogP contribution in [0.1, 0.15) is 75.0 Å². The zero-order valence-electron chi connectivity index (χ0n) is 24.3. The van der Waals surface area contributed by atoms with Crippen molar-refractivity contribution in [3.05, 3.63) is 40.1 Å². The Labute approximate surface area is 248 Å². The van der Waals surface area contributed by atoms with Crippen LogP contribution >= 0.6 is 11.8 Å². The Morgan fingerprint density at radius 3 is 2.71 bits per heavy atom. The maximum absolute atomic E-state index is 14.4. The summed E-state index contributed by atoms with van der Waals surface area (Å²) >= 11 is 1.89. The standard InChI is InChI=1S/C30H42F3N7OS/c1-37-17-35-36-26(37)29(15-28(16-29)6-7-28)20-3-2-4-21(10-20)39-13-24-22(30(31,32)33)9-19(12-40(24)27(39)41)11-38-8-5-23-25(14-38)42-18-34-23/h9,12-13,20-21,23,25-26,34-36H,2-8,10-11,14-18H2,1H3. The van der Waals surface area contributed by atoms with Gasteiger partial charge >= 0.3 is 11.9 Å². The van der Waals surface area contributed by atoms with Gasteiger partial charge in [-0.3, -0.25) is 18.8 Å². The molecule has 3 saturated heterocycles. The number of imidazole rings is 1. The number of nitrogens with zero attached hydrogens (tertiary/aromatic N) is 4. The second-order valence-electron chi connectivity index (χ2n) is 14.3. The molecule has 3 aliphatic carbocycles. The lowest BCUT2D eigenvalue weighted by Gasteiger charge is -2.59. The molecule has 3 saturated carbocycles. The summed E-state index contributed by atoms with van der Waals surface area (Å²) in [6, 6.07) is 1.69. The first kappa shape index (κ1) is 27.9. The third-order valence-electron chi connectivity index (χ3n) is 11.6. The van der Waals surface area contributed by atoms with Crippen LogP contribution in [-0.2, 0) is 12.7 Å². The molecular weight excluding hydrogens is 563 g/mol. The number of halogens is 3. The molecule has 8 nitrogen and oxygen atoms in total. The SMILES string of the molecule is CN1CNNC1C1(C2CCCC(n3cc4c(C(F)(F)F)cc(CN5CCC6NCSC6C5)cn4c3=O)C2)CC2(CC2)C1. The number of thioether (sulfide) groups is 1. The van der Waals surface area contributed by atoms with Crippen LogP contribution in [0.4, 0.5) is 13.2 Å². The predicted octanol–water partition coefficient (Wildman–Crippen LogP) is 3.97. The molecule has 6 fully saturated rings. The molecular formula is C30H42F3N7OS. The zero-order valence-corrected chi connectivity index (χ0v) is 25.1. The first-order chi connectivity index (χ1) is 20.1. The number of piperidine rings is 1. The van der Waals surface area contributed by atoms with Crippen molar-refractivity contribution in [3.8, 4) is 0 Å². The molecule has 0 radical (unpaired) electrons. The van der Waals surface area contributed by atoms with Crippen LogP contribution in [0.25, 0.3) is 5.52 Å². The summed E-state index contributed by atoms with van der Waals surface area (Å²) in [5.74, 6) is 1.37. The maximum atomic E-state index is 14.4. The van der Waals surface area contributed by atoms with Crippen molar-refractivity contribution in [1.82, 2.24) is 34.9 Å². The van der Waals surface area contributed by atoms with Gasteiger partial charge in [-0.1, -0.05) is 6.42 Å². The van der Waals surface area contributed by atoms with Crippen molar-refractivity contribution >= 4 is 17.3 Å². The number of hydrogen-bond acceptors (Lipinski definition) is 7. The van der Waals surface area contributed by atoms with E-state index in [1.165, 1.54) is 42.3 Å². The summed E-state index contributed by atoms with van der Waals surface area (Å²) in [4.78, 5) is 18.5. The summed E-state index contributed by atoms with van der Waals surface area (Å²) in [6.45, 7) is 2.92. The molecule has 0 aromatic carbocycles. The lowest BCUT2D eigenvalue weighted by atomic mass is 9.49. The van der Waals surface area contributed by atoms with Gasteiger partial charge in [0, 0.05) is 60.7 Å². The van der Waals surface area contributed by atoms with Crippen molar-refractivity contribution in [2.75, 3.05) is 32.7 Å². The van der Waals surface area contributed by atoms with E-state index in [0.717, 1.165) is 57.7 Å². The van der Waals surface area contributed by atoms with Gasteiger partial charge in [0.1, 0.15) is 0 Å². The molecule has 5 unspecified atom stereocenters. The van der Waals surface area contributed by atoms with E-state index in [4.69, 9.17) is 0 Å². The number of hydrogen-bond donors (Lipinski definition) is 3. The molecule has 1 spiro atoms. The third-order valence-corrected chi connectivity index (χ3v) is 12.9. The van der Waals surface area contributed by atoms with Gasteiger partial charge in [0.2, 0.25) is 0 Å². The highest BCUT2D eigenvalue weighted by atomic mass is 32.2. The predicted molar refractivity (Wildman–Crippen MR) is 157 cm³/mol. The maximum Gasteiger partial charge on any atom is 0.418 e. The molecule has 5 atom stereocenters. The highest BCUT2D eigenvalue weighted by Crippen LogP contribution is 2.73. The van der Waals surface area contributed by atoms with Gasteiger partial charge in [-0.05, 0) is 81.4 Å². The van der Waals surface area contributed by atoms with Gasteiger partial charge in [-0.15, -0.1) is 11.8 Å². The van der Waals surface area contributed by atoms with Gasteiger partial charge in [-0.2, -0.15) is 13.2 Å². The Kier molecular flexibility index (Phi) is 6.63. The van der Waals surface area contributed by atoms with Gasteiger partial charge < -0.3 is 5.32 Å². The second kappa shape index (κ2) is 9.97. The van der Waals surface area contributed by atoms with Crippen molar-refractivity contribution in [2.45, 2.75) is 94.0 Å². The second-order valence-corrected chi connectivity index (χ2v) is 15.5. The van der Waals surface area contributed by atoms with Gasteiger partial charge in [-0.25, -0.2) is 15.6 Å². The molecule has 3 aliphatic heterocycles. The summed E-state index contributed by atoms with van der Waals surface area (Å²) in [5.41, 5.74) is 7.01.